The Labute approximate surface area is 159 Å². The van der Waals surface area contributed by atoms with E-state index in [2.05, 4.69) is 29.0 Å². The van der Waals surface area contributed by atoms with Gasteiger partial charge in [-0.1, -0.05) is 19.4 Å². The number of unbranched alkanes of at least 4 members (excludes halogenated alkanes) is 1. The van der Waals surface area contributed by atoms with Gasteiger partial charge in [-0.05, 0) is 76.4 Å². The van der Waals surface area contributed by atoms with Gasteiger partial charge < -0.3 is 15.5 Å². The smallest absolute Gasteiger partial charge is 0.246 e. The lowest BCUT2D eigenvalue weighted by Crippen LogP contribution is -2.65. The third kappa shape index (κ3) is 5.32. The minimum atomic E-state index is -0.795. The molecule has 2 amide bonds. The van der Waals surface area contributed by atoms with Gasteiger partial charge in [0.2, 0.25) is 11.8 Å². The van der Waals surface area contributed by atoms with Crippen molar-refractivity contribution in [2.24, 2.45) is 11.8 Å². The van der Waals surface area contributed by atoms with Crippen LogP contribution >= 0.6 is 0 Å². The van der Waals surface area contributed by atoms with Crippen molar-refractivity contribution in [2.75, 3.05) is 26.2 Å². The van der Waals surface area contributed by atoms with Crippen LogP contribution in [0.5, 0.6) is 0 Å². The van der Waals surface area contributed by atoms with Gasteiger partial charge >= 0.3 is 0 Å². The molecule has 5 nitrogen and oxygen atoms in total. The number of carbonyl (C=O) groups excluding carboxylic acids is 2. The van der Waals surface area contributed by atoms with E-state index in [0.717, 1.165) is 51.7 Å². The van der Waals surface area contributed by atoms with Gasteiger partial charge in [0.15, 0.2) is 0 Å². The van der Waals surface area contributed by atoms with Gasteiger partial charge in [-0.25, -0.2) is 0 Å². The maximum atomic E-state index is 13.2. The van der Waals surface area contributed by atoms with Crippen LogP contribution in [0.3, 0.4) is 0 Å². The highest BCUT2D eigenvalue weighted by Gasteiger charge is 2.49. The molecule has 1 saturated carbocycles. The monoisotopic (exact) mass is 363 g/mol. The zero-order chi connectivity index (χ0) is 19.0. The summed E-state index contributed by atoms with van der Waals surface area (Å²) in [5.74, 6) is 0.345. The second-order valence-electron chi connectivity index (χ2n) is 8.07. The van der Waals surface area contributed by atoms with Crippen molar-refractivity contribution in [3.8, 4) is 0 Å². The molecule has 5 heteroatoms. The zero-order valence-corrected chi connectivity index (χ0v) is 16.7. The first kappa shape index (κ1) is 20.9. The van der Waals surface area contributed by atoms with E-state index in [4.69, 9.17) is 0 Å². The fourth-order valence-electron chi connectivity index (χ4n) is 4.62. The summed E-state index contributed by atoms with van der Waals surface area (Å²) in [6.07, 6.45) is 10.2. The standard InChI is InChI=1S/C21H37N3O2/c1-4-6-12-22-20(26)21(23-17(3)25)16-18(5-2)9-10-19(21)11-15-24-13-7-8-14-24/h5,18-19H,2,4,6-16H2,1,3H3,(H,22,26)(H,23,25)/t18-,19?,21?/m1/s1. The van der Waals surface area contributed by atoms with Crippen LogP contribution in [0.1, 0.15) is 65.2 Å². The van der Waals surface area contributed by atoms with Gasteiger partial charge in [-0.15, -0.1) is 6.58 Å². The molecular formula is C21H37N3O2. The third-order valence-electron chi connectivity index (χ3n) is 6.11. The number of rotatable bonds is 9. The predicted octanol–water partition coefficient (Wildman–Crippen LogP) is 2.87. The summed E-state index contributed by atoms with van der Waals surface area (Å²) in [5.41, 5.74) is -0.795. The van der Waals surface area contributed by atoms with Crippen LogP contribution in [0.15, 0.2) is 12.7 Å². The lowest BCUT2D eigenvalue weighted by molar-refractivity contribution is -0.138. The predicted molar refractivity (Wildman–Crippen MR) is 106 cm³/mol. The molecule has 1 saturated heterocycles. The highest BCUT2D eigenvalue weighted by molar-refractivity contribution is 5.91. The van der Waals surface area contributed by atoms with Crippen molar-refractivity contribution in [3.05, 3.63) is 12.7 Å². The van der Waals surface area contributed by atoms with E-state index >= 15 is 0 Å². The fourth-order valence-corrected chi connectivity index (χ4v) is 4.62. The number of amides is 2. The van der Waals surface area contributed by atoms with E-state index in [9.17, 15) is 9.59 Å². The van der Waals surface area contributed by atoms with Crippen molar-refractivity contribution in [3.63, 3.8) is 0 Å². The number of likely N-dealkylation sites (tertiary alicyclic amines) is 1. The summed E-state index contributed by atoms with van der Waals surface area (Å²) in [4.78, 5) is 27.7. The summed E-state index contributed by atoms with van der Waals surface area (Å²) in [7, 11) is 0. The molecule has 0 aromatic heterocycles. The Morgan fingerprint density at radius 2 is 2.00 bits per heavy atom. The van der Waals surface area contributed by atoms with Crippen molar-refractivity contribution in [2.45, 2.75) is 70.8 Å². The van der Waals surface area contributed by atoms with Crippen molar-refractivity contribution >= 4 is 11.8 Å². The summed E-state index contributed by atoms with van der Waals surface area (Å²) < 4.78 is 0. The van der Waals surface area contributed by atoms with E-state index in [0.29, 0.717) is 13.0 Å². The Balaban J connectivity index is 2.16. The molecule has 2 rings (SSSR count). The van der Waals surface area contributed by atoms with Gasteiger partial charge in [-0.3, -0.25) is 9.59 Å². The third-order valence-corrected chi connectivity index (χ3v) is 6.11. The van der Waals surface area contributed by atoms with Gasteiger partial charge in [-0.2, -0.15) is 0 Å². The molecule has 2 aliphatic rings. The Bertz CT molecular complexity index is 488. The maximum absolute atomic E-state index is 13.2. The number of nitrogens with zero attached hydrogens (tertiary/aromatic N) is 1. The first-order chi connectivity index (χ1) is 12.5. The number of hydrogen-bond acceptors (Lipinski definition) is 3. The Hall–Kier alpha value is -1.36. The molecule has 0 spiro atoms. The molecule has 3 atom stereocenters. The van der Waals surface area contributed by atoms with Crippen LogP contribution < -0.4 is 10.6 Å². The molecule has 2 unspecified atom stereocenters. The Morgan fingerprint density at radius 3 is 2.62 bits per heavy atom. The van der Waals surface area contributed by atoms with Crippen LogP contribution in [-0.4, -0.2) is 48.4 Å². The molecule has 0 aromatic rings. The van der Waals surface area contributed by atoms with Crippen molar-refractivity contribution in [1.82, 2.24) is 15.5 Å². The first-order valence-electron chi connectivity index (χ1n) is 10.4. The second kappa shape index (κ2) is 10.1. The highest BCUT2D eigenvalue weighted by Crippen LogP contribution is 2.40. The first-order valence-corrected chi connectivity index (χ1v) is 10.4. The van der Waals surface area contributed by atoms with E-state index in [1.165, 1.54) is 19.8 Å². The SMILES string of the molecule is C=C[C@@H]1CCC(CCN2CCCC2)C(NC(C)=O)(C(=O)NCCCC)C1. The molecular weight excluding hydrogens is 326 g/mol. The normalized spacial score (nSPS) is 29.3. The van der Waals surface area contributed by atoms with Crippen LogP contribution in [0.2, 0.25) is 0 Å². The van der Waals surface area contributed by atoms with Crippen LogP contribution in [0, 0.1) is 11.8 Å². The molecule has 148 valence electrons. The summed E-state index contributed by atoms with van der Waals surface area (Å²) in [5, 5.41) is 6.19. The number of nitrogens with one attached hydrogen (secondary N) is 2. The molecule has 0 radical (unpaired) electrons. The molecule has 0 bridgehead atoms. The largest absolute Gasteiger partial charge is 0.354 e. The molecule has 2 N–H and O–H groups in total. The van der Waals surface area contributed by atoms with E-state index in [-0.39, 0.29) is 23.7 Å². The van der Waals surface area contributed by atoms with E-state index in [1.807, 2.05) is 6.08 Å². The zero-order valence-electron chi connectivity index (χ0n) is 16.7. The molecule has 0 aromatic carbocycles. The summed E-state index contributed by atoms with van der Waals surface area (Å²) >= 11 is 0. The lowest BCUT2D eigenvalue weighted by Gasteiger charge is -2.46. The average molecular weight is 364 g/mol. The lowest BCUT2D eigenvalue weighted by atomic mass is 9.66. The topological polar surface area (TPSA) is 61.4 Å². The van der Waals surface area contributed by atoms with E-state index < -0.39 is 5.54 Å². The number of hydrogen-bond donors (Lipinski definition) is 2. The average Bonchev–Trinajstić information content (AvgIpc) is 3.13. The summed E-state index contributed by atoms with van der Waals surface area (Å²) in [6, 6.07) is 0. The second-order valence-corrected chi connectivity index (χ2v) is 8.07. The quantitative estimate of drug-likeness (QED) is 0.489. The minimum absolute atomic E-state index is 0.000813. The van der Waals surface area contributed by atoms with Gasteiger partial charge in [0.1, 0.15) is 5.54 Å². The van der Waals surface area contributed by atoms with Crippen LogP contribution in [0.25, 0.3) is 0 Å². The number of carbonyl (C=O) groups is 2. The van der Waals surface area contributed by atoms with Gasteiger partial charge in [0.05, 0.1) is 0 Å². The highest BCUT2D eigenvalue weighted by atomic mass is 16.2. The van der Waals surface area contributed by atoms with Crippen molar-refractivity contribution in [1.29, 1.82) is 0 Å². The van der Waals surface area contributed by atoms with Crippen molar-refractivity contribution < 1.29 is 9.59 Å². The maximum Gasteiger partial charge on any atom is 0.246 e. The van der Waals surface area contributed by atoms with Crippen LogP contribution in [0.4, 0.5) is 0 Å². The van der Waals surface area contributed by atoms with Gasteiger partial charge in [0, 0.05) is 13.5 Å². The molecule has 1 aliphatic heterocycles. The summed E-state index contributed by atoms with van der Waals surface area (Å²) in [6.45, 7) is 11.6. The molecule has 1 heterocycles. The molecule has 2 fully saturated rings. The molecule has 1 aliphatic carbocycles. The minimum Gasteiger partial charge on any atom is -0.354 e. The van der Waals surface area contributed by atoms with Crippen LogP contribution in [-0.2, 0) is 9.59 Å². The van der Waals surface area contributed by atoms with Gasteiger partial charge in [0.25, 0.3) is 0 Å². The number of allylic oxidation sites excluding steroid dienone is 1. The Morgan fingerprint density at radius 1 is 1.27 bits per heavy atom. The fraction of sp³-hybridized carbons (Fsp3) is 0.810. The Kier molecular flexibility index (Phi) is 8.14. The molecule has 26 heavy (non-hydrogen) atoms. The van der Waals surface area contributed by atoms with E-state index in [1.54, 1.807) is 0 Å².